The molecular formula is C94H132Ir4N8O8Si4. The van der Waals surface area contributed by atoms with Gasteiger partial charge in [0.1, 0.15) is 0 Å². The Kier molecular flexibility index (Phi) is 48.0. The molecule has 24 heteroatoms. The maximum atomic E-state index is 8.56. The second-order valence-corrected chi connectivity index (χ2v) is 55.1. The van der Waals surface area contributed by atoms with Crippen LogP contribution in [0.15, 0.2) is 182 Å². The maximum absolute atomic E-state index is 8.56. The molecule has 0 saturated heterocycles. The van der Waals surface area contributed by atoms with Gasteiger partial charge in [-0.05, 0) is 230 Å². The third kappa shape index (κ3) is 38.8. The summed E-state index contributed by atoms with van der Waals surface area (Å²) in [6, 6.07) is 60.1. The summed E-state index contributed by atoms with van der Waals surface area (Å²) >= 11 is 0. The molecule has 4 radical (unpaired) electrons. The summed E-state index contributed by atoms with van der Waals surface area (Å²) in [5, 5.41) is 79.2. The number of aryl methyl sites for hydroxylation is 6. The number of rotatable bonds is 16. The van der Waals surface area contributed by atoms with Crippen LogP contribution in [0.4, 0.5) is 0 Å². The number of nitrogens with zero attached hydrogens (tertiary/aromatic N) is 8. The van der Waals surface area contributed by atoms with Crippen molar-refractivity contribution in [2.75, 3.05) is 0 Å². The summed E-state index contributed by atoms with van der Waals surface area (Å²) < 4.78 is 0. The molecule has 8 atom stereocenters. The van der Waals surface area contributed by atoms with Gasteiger partial charge < -0.3 is 40.9 Å². The fourth-order valence-corrected chi connectivity index (χ4v) is 16.8. The van der Waals surface area contributed by atoms with Gasteiger partial charge in [0.2, 0.25) is 0 Å². The number of pyridine rings is 8. The predicted octanol–water partition coefficient (Wildman–Crippen LogP) is 17.8. The van der Waals surface area contributed by atoms with E-state index in [1.807, 2.05) is 44.4 Å². The Bertz CT molecular complexity index is 4930. The minimum Gasteiger partial charge on any atom is -0.393 e. The Morgan fingerprint density at radius 2 is 0.559 bits per heavy atom. The molecule has 0 spiro atoms. The van der Waals surface area contributed by atoms with E-state index in [1.54, 1.807) is 55.4 Å². The number of aromatic nitrogens is 8. The maximum Gasteiger partial charge on any atom is 0.0915 e. The van der Waals surface area contributed by atoms with E-state index < -0.39 is 32.3 Å². The SMILES string of the molecule is CC(O)CC(C)O.CC(O)CC(C)O.CC(O)CC(C)O.CC(O)CC(C)O.Cc1cc(C)nc(-c2ccc3cc([Si](C)(C)C)ccc3n2)c1.Cc1ccc(-c2ccc3cc([Si](C)(C)C)ccc3n2)nc1C.Cc1cccnc1-c1ccc2cc([Si](C)(C)C)ccc2n1.Cc1ccnc(-c2ccc3cc([Si](C)(C)C)ccc3n2)c1.[Ir].[Ir].[Ir].[Ir]. The van der Waals surface area contributed by atoms with Crippen molar-refractivity contribution in [1.82, 2.24) is 39.9 Å². The molecule has 0 amide bonds. The normalized spacial score (nSPS) is 13.1. The van der Waals surface area contributed by atoms with Crippen LogP contribution in [-0.2, 0) is 80.4 Å². The second-order valence-electron chi connectivity index (χ2n) is 34.8. The molecule has 0 aliphatic carbocycles. The standard InChI is InChI=1S/2C19H22N2Si.2C18H20N2Si.4C5H12O2.4Ir/c1-13-6-9-18(20-14(13)2)19-10-7-15-12-16(22(3,4)5)8-11-17(15)21-19;1-13-10-14(2)20-19(11-13)18-8-6-15-12-16(22(3,4)5)7-9-17(15)21-18;1-13-9-10-19-18(11-13)17-7-5-14-12-15(21(2,3)4)6-8-16(14)20-17;1-13-6-5-11-19-18(13)17-9-7-14-12-15(21(2,3)4)8-10-16(14)20-17;4*1-4(6)3-5(2)7;;;;/h2*6-12H,1-5H3;2*5-12H,1-4H3;4*4-7H,3H2,1-2H3;;;;. The minimum absolute atomic E-state index is 0. The monoisotopic (exact) mass is 2380 g/mol. The van der Waals surface area contributed by atoms with E-state index in [-0.39, 0.29) is 129 Å². The van der Waals surface area contributed by atoms with Crippen LogP contribution in [0, 0.1) is 41.5 Å². The van der Waals surface area contributed by atoms with Gasteiger partial charge in [0, 0.05) is 126 Å². The summed E-state index contributed by atoms with van der Waals surface area (Å²) in [4.78, 5) is 37.3. The molecule has 8 unspecified atom stereocenters. The van der Waals surface area contributed by atoms with E-state index in [4.69, 9.17) is 60.8 Å². The molecule has 4 aromatic carbocycles. The summed E-state index contributed by atoms with van der Waals surface area (Å²) in [6.07, 6.45) is 2.55. The van der Waals surface area contributed by atoms with E-state index >= 15 is 0 Å². The van der Waals surface area contributed by atoms with Gasteiger partial charge in [-0.1, -0.05) is 184 Å². The fraction of sp³-hybridized carbons (Fsp3) is 0.404. The van der Waals surface area contributed by atoms with Crippen molar-refractivity contribution in [2.24, 2.45) is 0 Å². The summed E-state index contributed by atoms with van der Waals surface area (Å²) in [5.41, 5.74) is 18.6. The topological polar surface area (TPSA) is 265 Å². The van der Waals surface area contributed by atoms with Gasteiger partial charge in [0.25, 0.3) is 0 Å². The van der Waals surface area contributed by atoms with E-state index in [0.29, 0.717) is 25.7 Å². The van der Waals surface area contributed by atoms with Crippen LogP contribution in [0.5, 0.6) is 0 Å². The molecule has 118 heavy (non-hydrogen) atoms. The Balaban J connectivity index is 0.000000702. The number of hydrogen-bond acceptors (Lipinski definition) is 16. The number of aliphatic hydroxyl groups is 8. The van der Waals surface area contributed by atoms with Crippen LogP contribution >= 0.6 is 0 Å². The fourth-order valence-electron chi connectivity index (χ4n) is 12.1. The molecule has 12 rings (SSSR count). The third-order valence-corrected chi connectivity index (χ3v) is 26.5. The zero-order valence-electron chi connectivity index (χ0n) is 74.3. The molecule has 0 fully saturated rings. The summed E-state index contributed by atoms with van der Waals surface area (Å²) in [6.45, 7) is 54.1. The summed E-state index contributed by atoms with van der Waals surface area (Å²) in [7, 11) is -5.12. The number of fused-ring (bicyclic) bond motifs is 4. The molecule has 0 saturated carbocycles. The van der Waals surface area contributed by atoms with Gasteiger partial charge in [-0.3, -0.25) is 19.9 Å². The quantitative estimate of drug-likeness (QED) is 0.0418. The van der Waals surface area contributed by atoms with Crippen molar-refractivity contribution in [3.63, 3.8) is 0 Å². The van der Waals surface area contributed by atoms with Gasteiger partial charge in [-0.15, -0.1) is 0 Å². The van der Waals surface area contributed by atoms with E-state index in [1.165, 1.54) is 59.0 Å². The number of benzene rings is 4. The zero-order chi connectivity index (χ0) is 85.3. The van der Waals surface area contributed by atoms with Crippen molar-refractivity contribution in [2.45, 2.75) is 250 Å². The number of hydrogen-bond donors (Lipinski definition) is 8. The van der Waals surface area contributed by atoms with Crippen LogP contribution in [0.3, 0.4) is 0 Å². The molecular weight excluding hydrogens is 2250 g/mol. The number of aliphatic hydroxyl groups excluding tert-OH is 8. The Morgan fingerprint density at radius 1 is 0.263 bits per heavy atom. The van der Waals surface area contributed by atoms with Crippen LogP contribution in [0.25, 0.3) is 89.2 Å². The largest absolute Gasteiger partial charge is 0.393 e. The smallest absolute Gasteiger partial charge is 0.0915 e. The zero-order valence-corrected chi connectivity index (χ0v) is 87.8. The molecule has 8 N–H and O–H groups in total. The van der Waals surface area contributed by atoms with Crippen LogP contribution in [-0.4, -0.2) is 162 Å². The van der Waals surface area contributed by atoms with E-state index in [2.05, 4.69) is 278 Å². The molecule has 0 bridgehead atoms. The van der Waals surface area contributed by atoms with E-state index in [0.717, 1.165) is 84.6 Å². The first-order valence-corrected chi connectivity index (χ1v) is 53.9. The van der Waals surface area contributed by atoms with Crippen LogP contribution in [0.2, 0.25) is 78.6 Å². The van der Waals surface area contributed by atoms with Crippen LogP contribution in [0.1, 0.15) is 115 Å². The first kappa shape index (κ1) is 110. The van der Waals surface area contributed by atoms with Gasteiger partial charge in [0.15, 0.2) is 0 Å². The molecule has 16 nitrogen and oxygen atoms in total. The summed E-state index contributed by atoms with van der Waals surface area (Å²) in [5.74, 6) is 0. The van der Waals surface area contributed by atoms with Crippen LogP contribution < -0.4 is 20.7 Å². The van der Waals surface area contributed by atoms with Gasteiger partial charge >= 0.3 is 0 Å². The van der Waals surface area contributed by atoms with Gasteiger partial charge in [-0.25, -0.2) is 19.9 Å². The van der Waals surface area contributed by atoms with E-state index in [9.17, 15) is 0 Å². The Labute approximate surface area is 762 Å². The average Bonchev–Trinajstić information content (AvgIpc) is 0.813. The van der Waals surface area contributed by atoms with Crippen molar-refractivity contribution in [3.05, 3.63) is 216 Å². The molecule has 8 heterocycles. The molecule has 648 valence electrons. The minimum atomic E-state index is -1.28. The predicted molar refractivity (Wildman–Crippen MR) is 492 cm³/mol. The second kappa shape index (κ2) is 51.4. The Morgan fingerprint density at radius 3 is 0.856 bits per heavy atom. The first-order valence-electron chi connectivity index (χ1n) is 39.9. The molecule has 0 aliphatic rings. The van der Waals surface area contributed by atoms with Gasteiger partial charge in [-0.2, -0.15) is 0 Å². The third-order valence-electron chi connectivity index (χ3n) is 18.4. The molecule has 0 aliphatic heterocycles. The molecule has 12 aromatic rings. The van der Waals surface area contributed by atoms with Crippen molar-refractivity contribution >= 4 is 96.7 Å². The average molecular weight is 2380 g/mol. The van der Waals surface area contributed by atoms with Gasteiger partial charge in [0.05, 0.1) is 149 Å². The van der Waals surface area contributed by atoms with Crippen molar-refractivity contribution in [3.8, 4) is 45.6 Å². The van der Waals surface area contributed by atoms with Crippen molar-refractivity contribution in [1.29, 1.82) is 0 Å². The molecule has 8 aromatic heterocycles. The Hall–Kier alpha value is -5.74. The first-order chi connectivity index (χ1) is 53.1. The van der Waals surface area contributed by atoms with Crippen molar-refractivity contribution < 1.29 is 121 Å².